The van der Waals surface area contributed by atoms with Crippen LogP contribution in [0.2, 0.25) is 0 Å². The number of nitrogens with one attached hydrogen (secondary N) is 2. The van der Waals surface area contributed by atoms with Crippen molar-refractivity contribution in [2.75, 3.05) is 23.7 Å². The van der Waals surface area contributed by atoms with Crippen molar-refractivity contribution in [1.82, 2.24) is 34.2 Å². The van der Waals surface area contributed by atoms with Crippen molar-refractivity contribution in [3.8, 4) is 11.4 Å². The van der Waals surface area contributed by atoms with Crippen molar-refractivity contribution in [1.29, 1.82) is 0 Å². The highest BCUT2D eigenvalue weighted by Gasteiger charge is 2.27. The fourth-order valence-corrected chi connectivity index (χ4v) is 5.36. The van der Waals surface area contributed by atoms with Crippen molar-refractivity contribution < 1.29 is 0 Å². The molecule has 0 spiro atoms. The van der Waals surface area contributed by atoms with E-state index in [9.17, 15) is 0 Å². The zero-order chi connectivity index (χ0) is 23.6. The predicted molar refractivity (Wildman–Crippen MR) is 137 cm³/mol. The van der Waals surface area contributed by atoms with Gasteiger partial charge in [0.25, 0.3) is 0 Å². The summed E-state index contributed by atoms with van der Waals surface area (Å²) in [6.07, 6.45) is 18.5. The molecule has 1 aliphatic heterocycles. The first kappa shape index (κ1) is 21.9. The summed E-state index contributed by atoms with van der Waals surface area (Å²) in [5.41, 5.74) is 5.35. The second-order valence-electron chi connectivity index (χ2n) is 9.68. The van der Waals surface area contributed by atoms with Crippen molar-refractivity contribution in [2.24, 2.45) is 0 Å². The molecule has 0 amide bonds. The molecule has 1 saturated heterocycles. The number of likely N-dealkylation sites (tertiary alicyclic amines) is 1. The Kier molecular flexibility index (Phi) is 5.99. The summed E-state index contributed by atoms with van der Waals surface area (Å²) in [4.78, 5) is 25.1. The maximum atomic E-state index is 4.88. The van der Waals surface area contributed by atoms with E-state index in [-0.39, 0.29) is 0 Å². The maximum Gasteiger partial charge on any atom is 0.223 e. The monoisotopic (exact) mass is 469 g/mol. The van der Waals surface area contributed by atoms with Crippen molar-refractivity contribution in [3.63, 3.8) is 0 Å². The van der Waals surface area contributed by atoms with Gasteiger partial charge < -0.3 is 19.9 Å². The average Bonchev–Trinajstić information content (AvgIpc) is 3.56. The van der Waals surface area contributed by atoms with E-state index in [1.165, 1.54) is 57.9 Å². The Labute approximate surface area is 205 Å². The van der Waals surface area contributed by atoms with E-state index in [1.807, 2.05) is 42.0 Å². The molecule has 4 aromatic heterocycles. The molecule has 1 aliphatic carbocycles. The number of anilines is 3. The van der Waals surface area contributed by atoms with Crippen LogP contribution < -0.4 is 10.6 Å². The van der Waals surface area contributed by atoms with Crippen molar-refractivity contribution in [3.05, 3.63) is 55.0 Å². The van der Waals surface area contributed by atoms with Crippen LogP contribution in [0, 0.1) is 6.92 Å². The lowest BCUT2D eigenvalue weighted by Crippen LogP contribution is -2.39. The highest BCUT2D eigenvalue weighted by atomic mass is 15.2. The number of aromatic nitrogens is 6. The summed E-state index contributed by atoms with van der Waals surface area (Å²) < 4.78 is 2.01. The summed E-state index contributed by atoms with van der Waals surface area (Å²) in [6.45, 7) is 4.60. The van der Waals surface area contributed by atoms with Gasteiger partial charge in [-0.05, 0) is 76.2 Å². The second-order valence-corrected chi connectivity index (χ2v) is 9.68. The molecule has 2 fully saturated rings. The Balaban J connectivity index is 1.17. The molecule has 180 valence electrons. The lowest BCUT2D eigenvalue weighted by Gasteiger charge is -2.34. The molecular formula is C26H31N9. The summed E-state index contributed by atoms with van der Waals surface area (Å²) in [5.74, 6) is 0.693. The first-order valence-electron chi connectivity index (χ1n) is 12.6. The summed E-state index contributed by atoms with van der Waals surface area (Å²) in [7, 11) is 0. The highest BCUT2D eigenvalue weighted by molar-refractivity contribution is 5.65. The zero-order valence-electron chi connectivity index (χ0n) is 20.1. The van der Waals surface area contributed by atoms with Gasteiger partial charge in [-0.25, -0.2) is 24.9 Å². The minimum Gasteiger partial charge on any atom is -0.352 e. The van der Waals surface area contributed by atoms with Crippen LogP contribution in [0.3, 0.4) is 0 Å². The molecule has 9 heteroatoms. The SMILES string of the molecule is Cc1cnc(NC2CCC(N3CCCC3)CC2)nc1-c1cn2cc(Nc3cncnc3)ccc2n1. The Morgan fingerprint density at radius 1 is 0.886 bits per heavy atom. The van der Waals surface area contributed by atoms with Gasteiger partial charge in [0.05, 0.1) is 29.5 Å². The van der Waals surface area contributed by atoms with Gasteiger partial charge in [0.1, 0.15) is 17.7 Å². The average molecular weight is 470 g/mol. The van der Waals surface area contributed by atoms with Crippen LogP contribution in [-0.4, -0.2) is 59.4 Å². The van der Waals surface area contributed by atoms with Gasteiger partial charge in [-0.2, -0.15) is 0 Å². The Morgan fingerprint density at radius 2 is 1.69 bits per heavy atom. The topological polar surface area (TPSA) is 96.2 Å². The first-order valence-corrected chi connectivity index (χ1v) is 12.6. The van der Waals surface area contributed by atoms with E-state index < -0.39 is 0 Å². The largest absolute Gasteiger partial charge is 0.352 e. The van der Waals surface area contributed by atoms with Gasteiger partial charge in [-0.3, -0.25) is 0 Å². The Hall–Kier alpha value is -3.59. The van der Waals surface area contributed by atoms with E-state index in [1.54, 1.807) is 12.4 Å². The Morgan fingerprint density at radius 3 is 2.49 bits per heavy atom. The van der Waals surface area contributed by atoms with Crippen LogP contribution in [0.1, 0.15) is 44.1 Å². The van der Waals surface area contributed by atoms with Gasteiger partial charge in [0.15, 0.2) is 0 Å². The van der Waals surface area contributed by atoms with Gasteiger partial charge >= 0.3 is 0 Å². The van der Waals surface area contributed by atoms with Crippen LogP contribution in [0.25, 0.3) is 17.0 Å². The molecule has 0 radical (unpaired) electrons. The van der Waals surface area contributed by atoms with E-state index in [2.05, 4.69) is 30.5 Å². The molecule has 6 rings (SSSR count). The van der Waals surface area contributed by atoms with Crippen LogP contribution in [0.15, 0.2) is 49.4 Å². The number of aryl methyl sites for hydroxylation is 1. The number of imidazole rings is 1. The molecule has 5 heterocycles. The lowest BCUT2D eigenvalue weighted by atomic mass is 9.90. The number of hydrogen-bond donors (Lipinski definition) is 2. The van der Waals surface area contributed by atoms with Gasteiger partial charge in [-0.15, -0.1) is 0 Å². The molecule has 0 bridgehead atoms. The summed E-state index contributed by atoms with van der Waals surface area (Å²) in [6, 6.07) is 5.18. The van der Waals surface area contributed by atoms with Crippen LogP contribution >= 0.6 is 0 Å². The minimum atomic E-state index is 0.432. The van der Waals surface area contributed by atoms with E-state index in [0.717, 1.165) is 40.0 Å². The lowest BCUT2D eigenvalue weighted by molar-refractivity contribution is 0.186. The quantitative estimate of drug-likeness (QED) is 0.428. The standard InChI is InChI=1S/C26H31N9/c1-18-12-29-26(31-19-4-7-22(8-5-19)34-10-2-3-11-34)33-25(18)23-16-35-15-20(6-9-24(35)32-23)30-21-13-27-17-28-14-21/h6,9,12-17,19,22,30H,2-5,7-8,10-11H2,1H3,(H,29,31,33). The number of nitrogens with zero attached hydrogens (tertiary/aromatic N) is 7. The van der Waals surface area contributed by atoms with E-state index >= 15 is 0 Å². The van der Waals surface area contributed by atoms with Crippen molar-refractivity contribution in [2.45, 2.75) is 57.5 Å². The summed E-state index contributed by atoms with van der Waals surface area (Å²) in [5, 5.41) is 6.92. The predicted octanol–water partition coefficient (Wildman–Crippen LogP) is 4.45. The molecule has 1 saturated carbocycles. The summed E-state index contributed by atoms with van der Waals surface area (Å²) >= 11 is 0. The molecule has 0 aromatic carbocycles. The van der Waals surface area contributed by atoms with Gasteiger partial charge in [0, 0.05) is 30.7 Å². The number of hydrogen-bond acceptors (Lipinski definition) is 8. The van der Waals surface area contributed by atoms with Crippen LogP contribution in [0.4, 0.5) is 17.3 Å². The number of fused-ring (bicyclic) bond motifs is 1. The van der Waals surface area contributed by atoms with Crippen molar-refractivity contribution >= 4 is 23.0 Å². The smallest absolute Gasteiger partial charge is 0.223 e. The highest BCUT2D eigenvalue weighted by Crippen LogP contribution is 2.28. The molecule has 0 atom stereocenters. The zero-order valence-corrected chi connectivity index (χ0v) is 20.1. The van der Waals surface area contributed by atoms with E-state index in [0.29, 0.717) is 12.0 Å². The molecule has 0 unspecified atom stereocenters. The molecule has 35 heavy (non-hydrogen) atoms. The number of pyridine rings is 1. The third kappa shape index (κ3) is 4.81. The van der Waals surface area contributed by atoms with E-state index in [4.69, 9.17) is 9.97 Å². The third-order valence-electron chi connectivity index (χ3n) is 7.20. The second kappa shape index (κ2) is 9.58. The first-order chi connectivity index (χ1) is 17.2. The molecular weight excluding hydrogens is 438 g/mol. The number of rotatable bonds is 6. The molecule has 4 aromatic rings. The maximum absolute atomic E-state index is 4.88. The fourth-order valence-electron chi connectivity index (χ4n) is 5.36. The molecule has 9 nitrogen and oxygen atoms in total. The fraction of sp³-hybridized carbons (Fsp3) is 0.423. The molecule has 2 N–H and O–H groups in total. The Bertz CT molecular complexity index is 1290. The normalized spacial score (nSPS) is 20.8. The van der Waals surface area contributed by atoms with Crippen LogP contribution in [0.5, 0.6) is 0 Å². The van der Waals surface area contributed by atoms with Gasteiger partial charge in [0.2, 0.25) is 5.95 Å². The minimum absolute atomic E-state index is 0.432. The molecule has 2 aliphatic rings. The van der Waals surface area contributed by atoms with Gasteiger partial charge in [-0.1, -0.05) is 0 Å². The van der Waals surface area contributed by atoms with Crippen LogP contribution in [-0.2, 0) is 0 Å². The third-order valence-corrected chi connectivity index (χ3v) is 7.20.